The maximum absolute atomic E-state index is 11.6. The summed E-state index contributed by atoms with van der Waals surface area (Å²) in [5.74, 6) is 0.0592. The van der Waals surface area contributed by atoms with Gasteiger partial charge in [-0.25, -0.2) is 0 Å². The van der Waals surface area contributed by atoms with Crippen LogP contribution in [0.1, 0.15) is 18.9 Å². The molecule has 1 aromatic rings. The molecule has 0 radical (unpaired) electrons. The Morgan fingerprint density at radius 2 is 2.22 bits per heavy atom. The summed E-state index contributed by atoms with van der Waals surface area (Å²) in [7, 11) is 1.87. The molecule has 1 unspecified atom stereocenters. The van der Waals surface area contributed by atoms with E-state index in [1.807, 2.05) is 32.2 Å². The van der Waals surface area contributed by atoms with Crippen LogP contribution in [0, 0.1) is 0 Å². The van der Waals surface area contributed by atoms with Crippen molar-refractivity contribution in [2.75, 3.05) is 13.6 Å². The minimum absolute atomic E-state index is 0.0592. The number of likely N-dealkylation sites (N-methyl/N-ethyl adjacent to an activating group) is 1. The van der Waals surface area contributed by atoms with E-state index in [0.29, 0.717) is 24.4 Å². The monoisotopic (exact) mass is 332 g/mol. The second-order valence-electron chi connectivity index (χ2n) is 4.23. The van der Waals surface area contributed by atoms with Crippen LogP contribution in [0.3, 0.4) is 0 Å². The van der Waals surface area contributed by atoms with Crippen LogP contribution in [0.25, 0.3) is 0 Å². The Labute approximate surface area is 121 Å². The number of hydrogen-bond donors (Lipinski definition) is 2. The van der Waals surface area contributed by atoms with Gasteiger partial charge in [-0.15, -0.1) is 0 Å². The summed E-state index contributed by atoms with van der Waals surface area (Å²) in [5.41, 5.74) is 1.05. The number of amides is 1. The second-order valence-corrected chi connectivity index (χ2v) is 5.52. The Kier molecular flexibility index (Phi) is 6.68. The molecule has 100 valence electrons. The standard InChI is InChI=1S/C13H18BrClN2O/c1-9(16-2)8-17-13(18)6-3-10-7-11(15)4-5-12(10)14/h4-5,7,9,16H,3,6,8H2,1-2H3,(H,17,18). The number of halogens is 2. The highest BCUT2D eigenvalue weighted by Gasteiger charge is 2.06. The molecule has 1 aromatic carbocycles. The van der Waals surface area contributed by atoms with Crippen molar-refractivity contribution < 1.29 is 4.79 Å². The van der Waals surface area contributed by atoms with Crippen molar-refractivity contribution in [3.05, 3.63) is 33.3 Å². The fourth-order valence-corrected chi connectivity index (χ4v) is 2.08. The molecule has 0 aliphatic carbocycles. The van der Waals surface area contributed by atoms with E-state index < -0.39 is 0 Å². The van der Waals surface area contributed by atoms with Crippen molar-refractivity contribution in [2.24, 2.45) is 0 Å². The Bertz CT molecular complexity index is 412. The molecule has 0 aromatic heterocycles. The van der Waals surface area contributed by atoms with E-state index in [4.69, 9.17) is 11.6 Å². The van der Waals surface area contributed by atoms with Gasteiger partial charge in [0.05, 0.1) is 0 Å². The van der Waals surface area contributed by atoms with Crippen LogP contribution in [0.15, 0.2) is 22.7 Å². The number of carbonyl (C=O) groups is 1. The number of carbonyl (C=O) groups excluding carboxylic acids is 1. The lowest BCUT2D eigenvalue weighted by Crippen LogP contribution is -2.37. The average molecular weight is 334 g/mol. The third-order valence-corrected chi connectivity index (χ3v) is 3.74. The van der Waals surface area contributed by atoms with E-state index in [1.165, 1.54) is 0 Å². The van der Waals surface area contributed by atoms with E-state index in [2.05, 4.69) is 26.6 Å². The van der Waals surface area contributed by atoms with Gasteiger partial charge in [-0.05, 0) is 44.2 Å². The van der Waals surface area contributed by atoms with E-state index in [9.17, 15) is 4.79 Å². The number of aryl methyl sites for hydroxylation is 1. The second kappa shape index (κ2) is 7.77. The largest absolute Gasteiger partial charge is 0.355 e. The first-order valence-electron chi connectivity index (χ1n) is 5.91. The number of rotatable bonds is 6. The first kappa shape index (κ1) is 15.5. The SMILES string of the molecule is CNC(C)CNC(=O)CCc1cc(Cl)ccc1Br. The van der Waals surface area contributed by atoms with Crippen LogP contribution in [0.2, 0.25) is 5.02 Å². The molecule has 0 bridgehead atoms. The van der Waals surface area contributed by atoms with Crippen LogP contribution < -0.4 is 10.6 Å². The van der Waals surface area contributed by atoms with Crippen LogP contribution in [0.4, 0.5) is 0 Å². The minimum atomic E-state index is 0.0592. The molecule has 2 N–H and O–H groups in total. The Balaban J connectivity index is 2.40. The summed E-state index contributed by atoms with van der Waals surface area (Å²) in [4.78, 5) is 11.6. The Morgan fingerprint density at radius 3 is 2.89 bits per heavy atom. The van der Waals surface area contributed by atoms with Crippen molar-refractivity contribution in [1.82, 2.24) is 10.6 Å². The third kappa shape index (κ3) is 5.38. The molecule has 18 heavy (non-hydrogen) atoms. The van der Waals surface area contributed by atoms with E-state index in [-0.39, 0.29) is 11.9 Å². The third-order valence-electron chi connectivity index (χ3n) is 2.73. The fourth-order valence-electron chi connectivity index (χ4n) is 1.44. The zero-order chi connectivity index (χ0) is 13.5. The first-order chi connectivity index (χ1) is 8.52. The van der Waals surface area contributed by atoms with Crippen LogP contribution in [0.5, 0.6) is 0 Å². The van der Waals surface area contributed by atoms with Gasteiger partial charge in [-0.2, -0.15) is 0 Å². The van der Waals surface area contributed by atoms with E-state index in [1.54, 1.807) is 0 Å². The summed E-state index contributed by atoms with van der Waals surface area (Å²) in [6.45, 7) is 2.67. The van der Waals surface area contributed by atoms with Crippen molar-refractivity contribution in [3.63, 3.8) is 0 Å². The van der Waals surface area contributed by atoms with Crippen molar-refractivity contribution in [2.45, 2.75) is 25.8 Å². The highest BCUT2D eigenvalue weighted by Crippen LogP contribution is 2.22. The number of hydrogen-bond acceptors (Lipinski definition) is 2. The molecule has 0 aliphatic rings. The molecule has 0 heterocycles. The maximum atomic E-state index is 11.6. The first-order valence-corrected chi connectivity index (χ1v) is 7.08. The van der Waals surface area contributed by atoms with Gasteiger partial charge in [0, 0.05) is 28.5 Å². The molecule has 0 saturated carbocycles. The topological polar surface area (TPSA) is 41.1 Å². The van der Waals surface area contributed by atoms with Gasteiger partial charge in [0.2, 0.25) is 5.91 Å². The highest BCUT2D eigenvalue weighted by molar-refractivity contribution is 9.10. The molecule has 3 nitrogen and oxygen atoms in total. The molecule has 1 amide bonds. The molecule has 5 heteroatoms. The Morgan fingerprint density at radius 1 is 1.50 bits per heavy atom. The molecule has 0 aliphatic heterocycles. The van der Waals surface area contributed by atoms with Gasteiger partial charge < -0.3 is 10.6 Å². The van der Waals surface area contributed by atoms with E-state index >= 15 is 0 Å². The van der Waals surface area contributed by atoms with Gasteiger partial charge in [0.15, 0.2) is 0 Å². The Hall–Kier alpha value is -0.580. The van der Waals surface area contributed by atoms with Gasteiger partial charge in [0.25, 0.3) is 0 Å². The van der Waals surface area contributed by atoms with Crippen LogP contribution in [-0.4, -0.2) is 25.5 Å². The van der Waals surface area contributed by atoms with Crippen molar-refractivity contribution in [1.29, 1.82) is 0 Å². The molecule has 1 atom stereocenters. The summed E-state index contributed by atoms with van der Waals surface area (Å²) < 4.78 is 0.989. The van der Waals surface area contributed by atoms with Gasteiger partial charge in [-0.1, -0.05) is 27.5 Å². The molecule has 0 saturated heterocycles. The smallest absolute Gasteiger partial charge is 0.220 e. The van der Waals surface area contributed by atoms with Gasteiger partial charge >= 0.3 is 0 Å². The van der Waals surface area contributed by atoms with Crippen molar-refractivity contribution >= 4 is 33.4 Å². The van der Waals surface area contributed by atoms with Crippen molar-refractivity contribution in [3.8, 4) is 0 Å². The molecular formula is C13H18BrClN2O. The predicted octanol–water partition coefficient (Wildman–Crippen LogP) is 2.76. The normalized spacial score (nSPS) is 12.2. The summed E-state index contributed by atoms with van der Waals surface area (Å²) in [6, 6.07) is 5.89. The lowest BCUT2D eigenvalue weighted by molar-refractivity contribution is -0.121. The van der Waals surface area contributed by atoms with Crippen LogP contribution in [-0.2, 0) is 11.2 Å². The lowest BCUT2D eigenvalue weighted by atomic mass is 10.1. The maximum Gasteiger partial charge on any atom is 0.220 e. The molecule has 0 fully saturated rings. The summed E-state index contributed by atoms with van der Waals surface area (Å²) in [6.07, 6.45) is 1.15. The average Bonchev–Trinajstić information content (AvgIpc) is 2.36. The molecule has 1 rings (SSSR count). The minimum Gasteiger partial charge on any atom is -0.355 e. The quantitative estimate of drug-likeness (QED) is 0.840. The molecular weight excluding hydrogens is 316 g/mol. The summed E-state index contributed by atoms with van der Waals surface area (Å²) in [5, 5.41) is 6.65. The van der Waals surface area contributed by atoms with Crippen LogP contribution >= 0.6 is 27.5 Å². The van der Waals surface area contributed by atoms with E-state index in [0.717, 1.165) is 10.0 Å². The lowest BCUT2D eigenvalue weighted by Gasteiger charge is -2.11. The zero-order valence-corrected chi connectivity index (χ0v) is 12.9. The molecule has 0 spiro atoms. The van der Waals surface area contributed by atoms with Gasteiger partial charge in [0.1, 0.15) is 0 Å². The zero-order valence-electron chi connectivity index (χ0n) is 10.6. The number of benzene rings is 1. The summed E-state index contributed by atoms with van der Waals surface area (Å²) >= 11 is 9.38. The van der Waals surface area contributed by atoms with Gasteiger partial charge in [-0.3, -0.25) is 4.79 Å². The highest BCUT2D eigenvalue weighted by atomic mass is 79.9. The predicted molar refractivity (Wildman–Crippen MR) is 79.0 cm³/mol. The number of nitrogens with one attached hydrogen (secondary N) is 2. The fraction of sp³-hybridized carbons (Fsp3) is 0.462.